The molecular formula is C9H13NO6S2. The first kappa shape index (κ1) is 14.9. The first-order valence-electron chi connectivity index (χ1n) is 4.82. The van der Waals surface area contributed by atoms with Crippen molar-refractivity contribution < 1.29 is 25.6 Å². The van der Waals surface area contributed by atoms with Gasteiger partial charge in [0.1, 0.15) is 0 Å². The van der Waals surface area contributed by atoms with Crippen molar-refractivity contribution in [2.24, 2.45) is 0 Å². The van der Waals surface area contributed by atoms with E-state index in [9.17, 15) is 16.8 Å². The van der Waals surface area contributed by atoms with Gasteiger partial charge in [-0.15, -0.1) is 0 Å². The zero-order valence-electron chi connectivity index (χ0n) is 9.53. The minimum Gasteiger partial charge on any atom is -0.398 e. The number of hydrogen-bond donors (Lipinski definition) is 2. The average molecular weight is 295 g/mol. The average Bonchev–Trinajstić information content (AvgIpc) is 2.19. The van der Waals surface area contributed by atoms with Crippen LogP contribution in [-0.2, 0) is 24.4 Å². The van der Waals surface area contributed by atoms with E-state index in [1.807, 2.05) is 0 Å². The van der Waals surface area contributed by atoms with Gasteiger partial charge in [0.25, 0.3) is 0 Å². The Morgan fingerprint density at radius 2 is 1.89 bits per heavy atom. The third-order valence-corrected chi connectivity index (χ3v) is 4.28. The van der Waals surface area contributed by atoms with Gasteiger partial charge in [-0.1, -0.05) is 6.07 Å². The van der Waals surface area contributed by atoms with E-state index in [0.717, 1.165) is 0 Å². The monoisotopic (exact) mass is 295 g/mol. The van der Waals surface area contributed by atoms with Gasteiger partial charge in [0, 0.05) is 0 Å². The third-order valence-electron chi connectivity index (χ3n) is 2.09. The largest absolute Gasteiger partial charge is 0.398 e. The van der Waals surface area contributed by atoms with Gasteiger partial charge >= 0.3 is 10.4 Å². The zero-order valence-corrected chi connectivity index (χ0v) is 11.2. The maximum atomic E-state index is 11.9. The summed E-state index contributed by atoms with van der Waals surface area (Å²) in [6.45, 7) is 1.03. The van der Waals surface area contributed by atoms with Crippen LogP contribution < -0.4 is 5.73 Å². The molecule has 1 rings (SSSR count). The van der Waals surface area contributed by atoms with Crippen LogP contribution in [0.5, 0.6) is 0 Å². The number of benzene rings is 1. The summed E-state index contributed by atoms with van der Waals surface area (Å²) in [4.78, 5) is -0.0820. The molecule has 0 saturated heterocycles. The molecule has 0 saturated carbocycles. The van der Waals surface area contributed by atoms with Crippen molar-refractivity contribution >= 4 is 25.9 Å². The van der Waals surface area contributed by atoms with Crippen LogP contribution in [0.25, 0.3) is 0 Å². The molecule has 18 heavy (non-hydrogen) atoms. The fraction of sp³-hybridized carbons (Fsp3) is 0.333. The molecular weight excluding hydrogens is 282 g/mol. The van der Waals surface area contributed by atoms with Crippen molar-refractivity contribution in [3.05, 3.63) is 23.8 Å². The molecule has 0 fully saturated rings. The van der Waals surface area contributed by atoms with Gasteiger partial charge in [-0.05, 0) is 24.6 Å². The van der Waals surface area contributed by atoms with Gasteiger partial charge in [0.2, 0.25) is 0 Å². The molecule has 0 bridgehead atoms. The lowest BCUT2D eigenvalue weighted by atomic mass is 10.2. The summed E-state index contributed by atoms with van der Waals surface area (Å²) in [6.07, 6.45) is 0. The Bertz CT molecular complexity index is 635. The molecule has 102 valence electrons. The second-order valence-electron chi connectivity index (χ2n) is 3.61. The Morgan fingerprint density at radius 1 is 1.28 bits per heavy atom. The molecule has 0 radical (unpaired) electrons. The van der Waals surface area contributed by atoms with Gasteiger partial charge in [-0.3, -0.25) is 4.55 Å². The standard InChI is InChI=1S/C9H13NO6S2/c1-7-2-3-8(10)9(6-7)17(11,12)5-4-16-18(13,14)15/h2-3,6H,4-5,10H2,1H3,(H,13,14,15). The number of anilines is 1. The van der Waals surface area contributed by atoms with Crippen LogP contribution in [0.1, 0.15) is 5.56 Å². The predicted molar refractivity (Wildman–Crippen MR) is 65.1 cm³/mol. The third kappa shape index (κ3) is 4.26. The molecule has 1 aromatic rings. The summed E-state index contributed by atoms with van der Waals surface area (Å²) in [5.74, 6) is -0.597. The number of hydrogen-bond acceptors (Lipinski definition) is 6. The van der Waals surface area contributed by atoms with Crippen molar-refractivity contribution in [3.8, 4) is 0 Å². The van der Waals surface area contributed by atoms with E-state index >= 15 is 0 Å². The van der Waals surface area contributed by atoms with E-state index in [2.05, 4.69) is 4.18 Å². The molecule has 9 heteroatoms. The van der Waals surface area contributed by atoms with E-state index in [0.29, 0.717) is 5.56 Å². The van der Waals surface area contributed by atoms with E-state index in [1.54, 1.807) is 13.0 Å². The van der Waals surface area contributed by atoms with Crippen LogP contribution >= 0.6 is 0 Å². The lowest BCUT2D eigenvalue weighted by Gasteiger charge is -2.08. The maximum absolute atomic E-state index is 11.9. The summed E-state index contributed by atoms with van der Waals surface area (Å²) >= 11 is 0. The molecule has 0 atom stereocenters. The van der Waals surface area contributed by atoms with Crippen molar-refractivity contribution in [3.63, 3.8) is 0 Å². The van der Waals surface area contributed by atoms with Crippen molar-refractivity contribution in [2.75, 3.05) is 18.1 Å². The maximum Gasteiger partial charge on any atom is 0.397 e. The predicted octanol–water partition coefficient (Wildman–Crippen LogP) is 0.170. The zero-order chi connectivity index (χ0) is 14.0. The minimum absolute atomic E-state index is 0.0763. The topological polar surface area (TPSA) is 124 Å². The van der Waals surface area contributed by atoms with Crippen LogP contribution in [0.4, 0.5) is 5.69 Å². The molecule has 7 nitrogen and oxygen atoms in total. The molecule has 0 amide bonds. The van der Waals surface area contributed by atoms with E-state index in [4.69, 9.17) is 10.3 Å². The molecule has 0 unspecified atom stereocenters. The van der Waals surface area contributed by atoms with E-state index < -0.39 is 32.6 Å². The molecule has 0 heterocycles. The van der Waals surface area contributed by atoms with Crippen LogP contribution in [0.15, 0.2) is 23.1 Å². The normalized spacial score (nSPS) is 12.6. The number of nitrogens with two attached hydrogens (primary N) is 1. The highest BCUT2D eigenvalue weighted by Crippen LogP contribution is 2.20. The van der Waals surface area contributed by atoms with Crippen molar-refractivity contribution in [1.82, 2.24) is 0 Å². The summed E-state index contributed by atoms with van der Waals surface area (Å²) in [6, 6.07) is 4.49. The summed E-state index contributed by atoms with van der Waals surface area (Å²) < 4.78 is 56.6. The van der Waals surface area contributed by atoms with Crippen LogP contribution in [-0.4, -0.2) is 33.7 Å². The minimum atomic E-state index is -4.64. The quantitative estimate of drug-likeness (QED) is 0.586. The van der Waals surface area contributed by atoms with Gasteiger partial charge in [-0.25, -0.2) is 12.6 Å². The van der Waals surface area contributed by atoms with Gasteiger partial charge < -0.3 is 5.73 Å². The number of rotatable bonds is 5. The lowest BCUT2D eigenvalue weighted by molar-refractivity contribution is 0.284. The highest BCUT2D eigenvalue weighted by molar-refractivity contribution is 7.91. The summed E-state index contributed by atoms with van der Waals surface area (Å²) in [5, 5.41) is 0. The highest BCUT2D eigenvalue weighted by Gasteiger charge is 2.19. The van der Waals surface area contributed by atoms with Gasteiger partial charge in [-0.2, -0.15) is 8.42 Å². The first-order chi connectivity index (χ1) is 8.12. The van der Waals surface area contributed by atoms with Crippen molar-refractivity contribution in [1.29, 1.82) is 0 Å². The number of sulfone groups is 1. The second kappa shape index (κ2) is 5.22. The Balaban J connectivity index is 2.90. The Kier molecular flexibility index (Phi) is 4.32. The molecule has 1 aromatic carbocycles. The Labute approximate surface area is 105 Å². The fourth-order valence-electron chi connectivity index (χ4n) is 1.27. The summed E-state index contributed by atoms with van der Waals surface area (Å²) in [7, 11) is -8.40. The van der Waals surface area contributed by atoms with Crippen molar-refractivity contribution in [2.45, 2.75) is 11.8 Å². The lowest BCUT2D eigenvalue weighted by Crippen LogP contribution is -2.16. The number of nitrogen functional groups attached to an aromatic ring is 1. The molecule has 0 aromatic heterocycles. The molecule has 0 aliphatic carbocycles. The molecule has 0 spiro atoms. The van der Waals surface area contributed by atoms with Gasteiger partial charge in [0.15, 0.2) is 9.84 Å². The van der Waals surface area contributed by atoms with Crippen LogP contribution in [0, 0.1) is 6.92 Å². The second-order valence-corrected chi connectivity index (χ2v) is 6.78. The van der Waals surface area contributed by atoms with Gasteiger partial charge in [0.05, 0.1) is 22.9 Å². The highest BCUT2D eigenvalue weighted by atomic mass is 32.3. The SMILES string of the molecule is Cc1ccc(N)c(S(=O)(=O)CCOS(=O)(=O)O)c1. The van der Waals surface area contributed by atoms with Crippen LogP contribution in [0.2, 0.25) is 0 Å². The molecule has 0 aliphatic heterocycles. The Morgan fingerprint density at radius 3 is 2.44 bits per heavy atom. The molecule has 0 aliphatic rings. The van der Waals surface area contributed by atoms with E-state index in [1.165, 1.54) is 12.1 Å². The summed E-state index contributed by atoms with van der Waals surface area (Å²) in [5.41, 5.74) is 6.33. The Hall–Kier alpha value is -1.16. The molecule has 3 N–H and O–H groups in total. The first-order valence-corrected chi connectivity index (χ1v) is 7.84. The fourth-order valence-corrected chi connectivity index (χ4v) is 2.98. The number of aryl methyl sites for hydroxylation is 1. The smallest absolute Gasteiger partial charge is 0.397 e. The van der Waals surface area contributed by atoms with E-state index in [-0.39, 0.29) is 10.6 Å². The van der Waals surface area contributed by atoms with Crippen LogP contribution in [0.3, 0.4) is 0 Å².